The van der Waals surface area contributed by atoms with Crippen LogP contribution in [0.2, 0.25) is 0 Å². The maximum absolute atomic E-state index is 13.5. The molecule has 0 spiro atoms. The molecule has 0 unspecified atom stereocenters. The Kier molecular flexibility index (Phi) is 2.70. The van der Waals surface area contributed by atoms with Crippen LogP contribution in [0.4, 0.5) is 4.39 Å². The van der Waals surface area contributed by atoms with Gasteiger partial charge >= 0.3 is 0 Å². The zero-order chi connectivity index (χ0) is 10.8. The highest BCUT2D eigenvalue weighted by molar-refractivity contribution is 9.10. The molecule has 1 aliphatic rings. The predicted molar refractivity (Wildman–Crippen MR) is 52.0 cm³/mol. The van der Waals surface area contributed by atoms with Crippen molar-refractivity contribution in [3.63, 3.8) is 0 Å². The van der Waals surface area contributed by atoms with Crippen molar-refractivity contribution in [2.24, 2.45) is 4.99 Å². The lowest BCUT2D eigenvalue weighted by Gasteiger charge is -2.05. The number of halogens is 2. The summed E-state index contributed by atoms with van der Waals surface area (Å²) >= 11 is 3.18. The number of rotatable bonds is 2. The number of aliphatic imine (C=N–C) groups is 1. The van der Waals surface area contributed by atoms with E-state index in [0.717, 1.165) is 0 Å². The largest absolute Gasteiger partial charge is 0.453 e. The third-order valence-corrected chi connectivity index (χ3v) is 2.79. The summed E-state index contributed by atoms with van der Waals surface area (Å²) in [5.41, 5.74) is 0.252. The Hall–Kier alpha value is -1.39. The molecule has 0 saturated heterocycles. The summed E-state index contributed by atoms with van der Waals surface area (Å²) in [4.78, 5) is 13.3. The monoisotopic (exact) mass is 273 g/mol. The minimum Gasteiger partial charge on any atom is -0.453 e. The van der Waals surface area contributed by atoms with Crippen molar-refractivity contribution in [3.05, 3.63) is 21.9 Å². The molecule has 0 aliphatic carbocycles. The van der Waals surface area contributed by atoms with E-state index in [1.165, 1.54) is 12.1 Å². The third-order valence-electron chi connectivity index (χ3n) is 1.95. The number of ether oxygens (including phenoxy) is 2. The van der Waals surface area contributed by atoms with Crippen molar-refractivity contribution in [2.45, 2.75) is 6.54 Å². The zero-order valence-electron chi connectivity index (χ0n) is 7.42. The summed E-state index contributed by atoms with van der Waals surface area (Å²) in [5.74, 6) is 0.288. The van der Waals surface area contributed by atoms with Crippen LogP contribution in [0.15, 0.2) is 15.5 Å². The number of hydrogen-bond acceptors (Lipinski definition) is 4. The highest BCUT2D eigenvalue weighted by Gasteiger charge is 2.22. The summed E-state index contributed by atoms with van der Waals surface area (Å²) < 4.78 is 24.0. The molecule has 15 heavy (non-hydrogen) atoms. The van der Waals surface area contributed by atoms with Crippen molar-refractivity contribution in [2.75, 3.05) is 6.79 Å². The number of fused-ring (bicyclic) bond motifs is 1. The van der Waals surface area contributed by atoms with Gasteiger partial charge in [0.1, 0.15) is 5.82 Å². The van der Waals surface area contributed by atoms with Gasteiger partial charge in [0.25, 0.3) is 0 Å². The normalized spacial score (nSPS) is 12.4. The van der Waals surface area contributed by atoms with Gasteiger partial charge in [0, 0.05) is 11.6 Å². The summed E-state index contributed by atoms with van der Waals surface area (Å²) in [7, 11) is 0. The molecule has 4 nitrogen and oxygen atoms in total. The molecule has 1 aliphatic heterocycles. The van der Waals surface area contributed by atoms with Crippen LogP contribution < -0.4 is 9.47 Å². The molecule has 1 heterocycles. The lowest BCUT2D eigenvalue weighted by molar-refractivity contribution is 0.173. The van der Waals surface area contributed by atoms with Crippen LogP contribution in [0, 0.1) is 5.82 Å². The van der Waals surface area contributed by atoms with E-state index in [9.17, 15) is 9.18 Å². The van der Waals surface area contributed by atoms with Gasteiger partial charge in [-0.05, 0) is 15.9 Å². The lowest BCUT2D eigenvalue weighted by Crippen LogP contribution is -1.93. The van der Waals surface area contributed by atoms with Gasteiger partial charge in [-0.2, -0.15) is 0 Å². The number of hydrogen-bond donors (Lipinski definition) is 0. The molecule has 0 N–H and O–H groups in total. The lowest BCUT2D eigenvalue weighted by atomic mass is 10.2. The van der Waals surface area contributed by atoms with Gasteiger partial charge in [-0.1, -0.05) is 0 Å². The van der Waals surface area contributed by atoms with E-state index in [-0.39, 0.29) is 18.9 Å². The molecule has 0 fully saturated rings. The highest BCUT2D eigenvalue weighted by atomic mass is 79.9. The van der Waals surface area contributed by atoms with Gasteiger partial charge in [0.05, 0.1) is 11.0 Å². The Morgan fingerprint density at radius 2 is 2.40 bits per heavy atom. The molecular weight excluding hydrogens is 269 g/mol. The number of benzene rings is 1. The minimum atomic E-state index is -0.495. The molecule has 1 aromatic rings. The van der Waals surface area contributed by atoms with Crippen LogP contribution in [0.1, 0.15) is 5.56 Å². The van der Waals surface area contributed by atoms with Gasteiger partial charge in [-0.15, -0.1) is 0 Å². The molecule has 6 heteroatoms. The zero-order valence-corrected chi connectivity index (χ0v) is 9.01. The molecular formula is C9H5BrFNO3. The second-order valence-corrected chi connectivity index (χ2v) is 3.59. The Morgan fingerprint density at radius 1 is 1.60 bits per heavy atom. The van der Waals surface area contributed by atoms with Gasteiger partial charge in [-0.25, -0.2) is 14.2 Å². The van der Waals surface area contributed by atoms with Crippen LogP contribution in [0.5, 0.6) is 11.5 Å². The molecule has 0 aromatic heterocycles. The Labute approximate surface area is 92.8 Å². The fourth-order valence-electron chi connectivity index (χ4n) is 1.27. The van der Waals surface area contributed by atoms with E-state index < -0.39 is 5.82 Å². The standard InChI is InChI=1S/C9H5BrFNO3/c10-8-5(2-12-3-13)6(11)1-7-9(8)15-4-14-7/h1H,2,4H2. The predicted octanol–water partition coefficient (Wildman–Crippen LogP) is 2.15. The second kappa shape index (κ2) is 4.00. The van der Waals surface area contributed by atoms with E-state index in [1.54, 1.807) is 0 Å². The topological polar surface area (TPSA) is 47.9 Å². The van der Waals surface area contributed by atoms with E-state index >= 15 is 0 Å². The SMILES string of the molecule is O=C=NCc1c(F)cc2c(c1Br)OCO2. The fraction of sp³-hybridized carbons (Fsp3) is 0.222. The minimum absolute atomic E-state index is 0.0633. The summed E-state index contributed by atoms with van der Waals surface area (Å²) in [6, 6.07) is 1.21. The van der Waals surface area contributed by atoms with Gasteiger partial charge in [-0.3, -0.25) is 0 Å². The molecule has 0 bridgehead atoms. The van der Waals surface area contributed by atoms with Crippen molar-refractivity contribution < 1.29 is 18.7 Å². The number of isocyanates is 1. The molecule has 2 rings (SSSR count). The Bertz CT molecular complexity index is 457. The average Bonchev–Trinajstić information content (AvgIpc) is 2.65. The quantitative estimate of drug-likeness (QED) is 0.613. The van der Waals surface area contributed by atoms with Crippen LogP contribution in [-0.2, 0) is 11.3 Å². The molecule has 0 saturated carbocycles. The average molecular weight is 274 g/mol. The maximum Gasteiger partial charge on any atom is 0.235 e. The first kappa shape index (κ1) is 10.1. The highest BCUT2D eigenvalue weighted by Crippen LogP contribution is 2.42. The van der Waals surface area contributed by atoms with Gasteiger partial charge < -0.3 is 9.47 Å². The molecule has 0 atom stereocenters. The van der Waals surface area contributed by atoms with Crippen LogP contribution in [0.25, 0.3) is 0 Å². The van der Waals surface area contributed by atoms with Crippen molar-refractivity contribution >= 4 is 22.0 Å². The summed E-state index contributed by atoms with van der Waals surface area (Å²) in [6.07, 6.45) is 1.35. The Morgan fingerprint density at radius 3 is 3.13 bits per heavy atom. The van der Waals surface area contributed by atoms with Crippen LogP contribution in [-0.4, -0.2) is 12.9 Å². The second-order valence-electron chi connectivity index (χ2n) is 2.79. The number of nitrogens with zero attached hydrogens (tertiary/aromatic N) is 1. The third kappa shape index (κ3) is 1.73. The molecule has 0 amide bonds. The van der Waals surface area contributed by atoms with E-state index in [4.69, 9.17) is 9.47 Å². The first-order chi connectivity index (χ1) is 7.24. The maximum atomic E-state index is 13.5. The van der Waals surface area contributed by atoms with Crippen LogP contribution in [0.3, 0.4) is 0 Å². The molecule has 0 radical (unpaired) electrons. The first-order valence-corrected chi connectivity index (χ1v) is 4.83. The van der Waals surface area contributed by atoms with Gasteiger partial charge in [0.15, 0.2) is 11.5 Å². The van der Waals surface area contributed by atoms with E-state index in [0.29, 0.717) is 16.0 Å². The van der Waals surface area contributed by atoms with Crippen molar-refractivity contribution in [1.82, 2.24) is 0 Å². The first-order valence-electron chi connectivity index (χ1n) is 4.04. The van der Waals surface area contributed by atoms with Crippen LogP contribution >= 0.6 is 15.9 Å². The fourth-order valence-corrected chi connectivity index (χ4v) is 1.89. The van der Waals surface area contributed by atoms with E-state index in [1.807, 2.05) is 0 Å². The molecule has 1 aromatic carbocycles. The summed E-state index contributed by atoms with van der Waals surface area (Å²) in [5, 5.41) is 0. The summed E-state index contributed by atoms with van der Waals surface area (Å²) in [6.45, 7) is -0.0136. The van der Waals surface area contributed by atoms with Crippen molar-refractivity contribution in [1.29, 1.82) is 0 Å². The van der Waals surface area contributed by atoms with E-state index in [2.05, 4.69) is 20.9 Å². The van der Waals surface area contributed by atoms with Crippen molar-refractivity contribution in [3.8, 4) is 11.5 Å². The Balaban J connectivity index is 2.50. The number of carbonyl (C=O) groups excluding carboxylic acids is 1. The van der Waals surface area contributed by atoms with Gasteiger partial charge in [0.2, 0.25) is 12.9 Å². The smallest absolute Gasteiger partial charge is 0.235 e. The molecule has 78 valence electrons.